The quantitative estimate of drug-likeness (QED) is 0.222. The van der Waals surface area contributed by atoms with Crippen molar-refractivity contribution in [3.8, 4) is 23.0 Å². The number of carbonyl (C=O) groups is 1. The average molecular weight is 374 g/mol. The highest BCUT2D eigenvalue weighted by Crippen LogP contribution is 2.27. The number of nitriles is 1. The first-order valence-corrected chi connectivity index (χ1v) is 8.13. The molecule has 1 heterocycles. The van der Waals surface area contributed by atoms with Gasteiger partial charge in [-0.1, -0.05) is 18.2 Å². The summed E-state index contributed by atoms with van der Waals surface area (Å²) in [5.41, 5.74) is 2.12. The van der Waals surface area contributed by atoms with E-state index in [0.717, 1.165) is 5.69 Å². The normalized spacial score (nSPS) is 10.9. The lowest BCUT2D eigenvalue weighted by Crippen LogP contribution is -2.02. The number of nitro groups is 1. The molecule has 8 nitrogen and oxygen atoms in total. The Morgan fingerprint density at radius 2 is 1.89 bits per heavy atom. The van der Waals surface area contributed by atoms with E-state index in [1.165, 1.54) is 25.3 Å². The van der Waals surface area contributed by atoms with E-state index in [9.17, 15) is 20.2 Å². The van der Waals surface area contributed by atoms with E-state index < -0.39 is 10.9 Å². The fourth-order valence-electron chi connectivity index (χ4n) is 2.57. The molecular formula is C20H14N4O4. The highest BCUT2D eigenvalue weighted by Gasteiger charge is 2.16. The van der Waals surface area contributed by atoms with Gasteiger partial charge in [0.25, 0.3) is 5.69 Å². The van der Waals surface area contributed by atoms with Crippen molar-refractivity contribution < 1.29 is 14.5 Å². The van der Waals surface area contributed by atoms with Crippen LogP contribution in [0.5, 0.6) is 0 Å². The maximum atomic E-state index is 11.8. The molecule has 3 aromatic rings. The summed E-state index contributed by atoms with van der Waals surface area (Å²) in [6.07, 6.45) is 3.06. The zero-order valence-electron chi connectivity index (χ0n) is 14.8. The van der Waals surface area contributed by atoms with Crippen molar-refractivity contribution in [1.82, 2.24) is 9.78 Å². The third kappa shape index (κ3) is 3.78. The number of methoxy groups -OCH3 is 1. The molecule has 0 N–H and O–H groups in total. The predicted molar refractivity (Wildman–Crippen MR) is 101 cm³/mol. The van der Waals surface area contributed by atoms with Crippen molar-refractivity contribution in [3.05, 3.63) is 82.0 Å². The third-order valence-corrected chi connectivity index (χ3v) is 3.94. The maximum absolute atomic E-state index is 11.8. The van der Waals surface area contributed by atoms with Crippen LogP contribution in [0.2, 0.25) is 0 Å². The highest BCUT2D eigenvalue weighted by molar-refractivity contribution is 5.98. The summed E-state index contributed by atoms with van der Waals surface area (Å²) < 4.78 is 6.23. The lowest BCUT2D eigenvalue weighted by Gasteiger charge is -2.01. The number of hydrogen-bond acceptors (Lipinski definition) is 6. The highest BCUT2D eigenvalue weighted by atomic mass is 16.6. The minimum atomic E-state index is -0.760. The maximum Gasteiger partial charge on any atom is 0.348 e. The second-order valence-corrected chi connectivity index (χ2v) is 5.68. The molecule has 0 aliphatic carbocycles. The summed E-state index contributed by atoms with van der Waals surface area (Å²) in [4.78, 5) is 22.2. The van der Waals surface area contributed by atoms with Crippen LogP contribution >= 0.6 is 0 Å². The Labute approximate surface area is 160 Å². The molecule has 0 aliphatic rings. The van der Waals surface area contributed by atoms with E-state index in [4.69, 9.17) is 0 Å². The first kappa shape index (κ1) is 18.5. The van der Waals surface area contributed by atoms with E-state index in [2.05, 4.69) is 9.84 Å². The molecular weight excluding hydrogens is 360 g/mol. The van der Waals surface area contributed by atoms with Gasteiger partial charge in [-0.2, -0.15) is 10.4 Å². The Morgan fingerprint density at radius 3 is 2.46 bits per heavy atom. The molecule has 8 heteroatoms. The molecule has 0 saturated carbocycles. The molecule has 3 rings (SSSR count). The van der Waals surface area contributed by atoms with Gasteiger partial charge in [0.2, 0.25) is 0 Å². The first-order chi connectivity index (χ1) is 13.5. The van der Waals surface area contributed by atoms with Gasteiger partial charge < -0.3 is 4.74 Å². The smallest absolute Gasteiger partial charge is 0.348 e. The molecule has 0 spiro atoms. The lowest BCUT2D eigenvalue weighted by molar-refractivity contribution is -0.384. The summed E-state index contributed by atoms with van der Waals surface area (Å²) in [7, 11) is 1.19. The van der Waals surface area contributed by atoms with E-state index in [-0.39, 0.29) is 11.3 Å². The predicted octanol–water partition coefficient (Wildman–Crippen LogP) is 3.53. The molecule has 0 radical (unpaired) electrons. The van der Waals surface area contributed by atoms with Gasteiger partial charge in [-0.25, -0.2) is 9.48 Å². The monoisotopic (exact) mass is 374 g/mol. The van der Waals surface area contributed by atoms with Crippen LogP contribution in [-0.2, 0) is 9.53 Å². The van der Waals surface area contributed by atoms with Crippen LogP contribution in [0.25, 0.3) is 23.0 Å². The summed E-state index contributed by atoms with van der Waals surface area (Å²) in [6.45, 7) is 0. The largest absolute Gasteiger partial charge is 0.465 e. The van der Waals surface area contributed by atoms with Gasteiger partial charge in [-0.05, 0) is 30.3 Å². The number of aromatic nitrogens is 2. The van der Waals surface area contributed by atoms with Crippen molar-refractivity contribution in [2.45, 2.75) is 0 Å². The lowest BCUT2D eigenvalue weighted by atomic mass is 10.1. The van der Waals surface area contributed by atoms with Gasteiger partial charge in [-0.3, -0.25) is 10.1 Å². The fourth-order valence-corrected chi connectivity index (χ4v) is 2.57. The number of hydrogen-bond donors (Lipinski definition) is 0. The summed E-state index contributed by atoms with van der Waals surface area (Å²) >= 11 is 0. The van der Waals surface area contributed by atoms with Crippen LogP contribution < -0.4 is 0 Å². The van der Waals surface area contributed by atoms with Crippen molar-refractivity contribution in [2.24, 2.45) is 0 Å². The number of nitrogens with zero attached hydrogens (tertiary/aromatic N) is 4. The van der Waals surface area contributed by atoms with Gasteiger partial charge >= 0.3 is 5.97 Å². The summed E-state index contributed by atoms with van der Waals surface area (Å²) in [5.74, 6) is -0.760. The Balaban J connectivity index is 2.15. The molecule has 0 bridgehead atoms. The molecule has 0 atom stereocenters. The van der Waals surface area contributed by atoms with Gasteiger partial charge in [0.05, 0.1) is 17.7 Å². The van der Waals surface area contributed by atoms with Crippen LogP contribution in [0, 0.1) is 21.4 Å². The first-order valence-electron chi connectivity index (χ1n) is 8.13. The van der Waals surface area contributed by atoms with Gasteiger partial charge in [0, 0.05) is 29.5 Å². The Hall–Kier alpha value is -4.25. The standard InChI is InChI=1S/C20H14N4O4/c1-28-20(25)15(12-21)11-16-13-23(17-5-3-2-4-6-17)22-19(16)14-7-9-18(10-8-14)24(26)27/h2-11,13H,1H3/b15-11+. The second-order valence-electron chi connectivity index (χ2n) is 5.68. The molecule has 0 amide bonds. The zero-order chi connectivity index (χ0) is 20.1. The van der Waals surface area contributed by atoms with Crippen LogP contribution in [0.15, 0.2) is 66.4 Å². The van der Waals surface area contributed by atoms with Gasteiger partial charge in [-0.15, -0.1) is 0 Å². The average Bonchev–Trinajstić information content (AvgIpc) is 3.16. The second kappa shape index (κ2) is 7.97. The van der Waals surface area contributed by atoms with Crippen molar-refractivity contribution >= 4 is 17.7 Å². The number of ether oxygens (including phenoxy) is 1. The molecule has 2 aromatic carbocycles. The molecule has 1 aromatic heterocycles. The number of carbonyl (C=O) groups excluding carboxylic acids is 1. The summed E-state index contributed by atoms with van der Waals surface area (Å²) in [5, 5.41) is 24.7. The SMILES string of the molecule is COC(=O)/C(C#N)=C/c1cn(-c2ccccc2)nc1-c1ccc([N+](=O)[O-])cc1. The number of esters is 1. The number of non-ortho nitro benzene ring substituents is 1. The number of rotatable bonds is 5. The van der Waals surface area contributed by atoms with E-state index in [0.29, 0.717) is 16.8 Å². The van der Waals surface area contributed by atoms with Gasteiger partial charge in [0.1, 0.15) is 17.3 Å². The van der Waals surface area contributed by atoms with Crippen molar-refractivity contribution in [1.29, 1.82) is 5.26 Å². The number of para-hydroxylation sites is 1. The Morgan fingerprint density at radius 1 is 1.21 bits per heavy atom. The minimum absolute atomic E-state index is 0.0457. The fraction of sp³-hybridized carbons (Fsp3) is 0.0500. The van der Waals surface area contributed by atoms with Crippen LogP contribution in [-0.4, -0.2) is 27.8 Å². The van der Waals surface area contributed by atoms with Crippen molar-refractivity contribution in [2.75, 3.05) is 7.11 Å². The van der Waals surface area contributed by atoms with Crippen LogP contribution in [0.1, 0.15) is 5.56 Å². The van der Waals surface area contributed by atoms with Crippen molar-refractivity contribution in [3.63, 3.8) is 0 Å². The molecule has 0 fully saturated rings. The molecule has 0 unspecified atom stereocenters. The number of benzene rings is 2. The third-order valence-electron chi connectivity index (χ3n) is 3.94. The van der Waals surface area contributed by atoms with E-state index in [1.807, 2.05) is 36.4 Å². The minimum Gasteiger partial charge on any atom is -0.465 e. The topological polar surface area (TPSA) is 111 Å². The molecule has 0 aliphatic heterocycles. The zero-order valence-corrected chi connectivity index (χ0v) is 14.8. The van der Waals surface area contributed by atoms with Crippen LogP contribution in [0.3, 0.4) is 0 Å². The van der Waals surface area contributed by atoms with Gasteiger partial charge in [0.15, 0.2) is 0 Å². The molecule has 0 saturated heterocycles. The van der Waals surface area contributed by atoms with Crippen LogP contribution in [0.4, 0.5) is 5.69 Å². The molecule has 138 valence electrons. The Kier molecular flexibility index (Phi) is 5.28. The van der Waals surface area contributed by atoms with E-state index in [1.54, 1.807) is 23.0 Å². The van der Waals surface area contributed by atoms with E-state index >= 15 is 0 Å². The Bertz CT molecular complexity index is 1090. The number of nitro benzene ring substituents is 1. The molecule has 28 heavy (non-hydrogen) atoms. The summed E-state index contributed by atoms with van der Waals surface area (Å²) in [6, 6.07) is 17.0.